The van der Waals surface area contributed by atoms with E-state index in [1.54, 1.807) is 16.8 Å². The van der Waals surface area contributed by atoms with Crippen molar-refractivity contribution in [2.24, 2.45) is 0 Å². The molecule has 1 N–H and O–H groups in total. The first-order valence-corrected chi connectivity index (χ1v) is 6.64. The van der Waals surface area contributed by atoms with Crippen LogP contribution in [0.1, 0.15) is 5.56 Å². The number of benzene rings is 1. The smallest absolute Gasteiger partial charge is 0.205 e. The average molecular weight is 247 g/mol. The van der Waals surface area contributed by atoms with Crippen molar-refractivity contribution >= 4 is 37.9 Å². The van der Waals surface area contributed by atoms with Crippen LogP contribution in [-0.2, 0) is 6.54 Å². The third-order valence-corrected chi connectivity index (χ3v) is 4.01. The van der Waals surface area contributed by atoms with Crippen molar-refractivity contribution in [2.75, 3.05) is 5.32 Å². The second-order valence-corrected chi connectivity index (χ2v) is 5.10. The molecule has 3 nitrogen and oxygen atoms in total. The monoisotopic (exact) mass is 247 g/mol. The maximum atomic E-state index is 3.96. The van der Waals surface area contributed by atoms with Crippen LogP contribution in [0.2, 0.25) is 0 Å². The fourth-order valence-corrected chi connectivity index (χ4v) is 3.00. The number of hydrogen-bond acceptors (Lipinski definition) is 5. The Balaban J connectivity index is 1.84. The van der Waals surface area contributed by atoms with Crippen LogP contribution in [0.15, 0.2) is 35.2 Å². The predicted molar refractivity (Wildman–Crippen MR) is 69.1 cm³/mol. The summed E-state index contributed by atoms with van der Waals surface area (Å²) in [4.78, 5) is 0. The van der Waals surface area contributed by atoms with Crippen molar-refractivity contribution in [3.05, 3.63) is 40.7 Å². The molecule has 0 amide bonds. The predicted octanol–water partition coefficient (Wildman–Crippen LogP) is 3.36. The van der Waals surface area contributed by atoms with Gasteiger partial charge in [-0.2, -0.15) is 0 Å². The van der Waals surface area contributed by atoms with Crippen molar-refractivity contribution in [3.63, 3.8) is 0 Å². The molecule has 3 aromatic rings. The fraction of sp³-hybridized carbons (Fsp3) is 0.0909. The Morgan fingerprint density at radius 2 is 2.12 bits per heavy atom. The molecule has 0 fully saturated rings. The number of thiophene rings is 1. The summed E-state index contributed by atoms with van der Waals surface area (Å²) in [6.07, 6.45) is 0. The van der Waals surface area contributed by atoms with Gasteiger partial charge in [-0.3, -0.25) is 0 Å². The molecule has 5 heteroatoms. The van der Waals surface area contributed by atoms with Gasteiger partial charge in [0.2, 0.25) is 5.13 Å². The van der Waals surface area contributed by atoms with Crippen LogP contribution in [0.4, 0.5) is 5.13 Å². The van der Waals surface area contributed by atoms with Crippen molar-refractivity contribution in [3.8, 4) is 0 Å². The van der Waals surface area contributed by atoms with Crippen LogP contribution in [0.5, 0.6) is 0 Å². The van der Waals surface area contributed by atoms with Crippen LogP contribution in [-0.4, -0.2) is 10.2 Å². The first kappa shape index (κ1) is 9.74. The molecule has 0 bridgehead atoms. The van der Waals surface area contributed by atoms with E-state index in [1.165, 1.54) is 27.0 Å². The van der Waals surface area contributed by atoms with E-state index >= 15 is 0 Å². The Morgan fingerprint density at radius 1 is 1.19 bits per heavy atom. The molecular weight excluding hydrogens is 238 g/mol. The second-order valence-electron chi connectivity index (χ2n) is 3.35. The zero-order valence-electron chi connectivity index (χ0n) is 8.38. The Kier molecular flexibility index (Phi) is 2.55. The van der Waals surface area contributed by atoms with E-state index < -0.39 is 0 Å². The molecule has 0 aliphatic carbocycles. The van der Waals surface area contributed by atoms with Gasteiger partial charge < -0.3 is 5.32 Å². The molecule has 0 aliphatic rings. The van der Waals surface area contributed by atoms with Gasteiger partial charge in [-0.1, -0.05) is 29.5 Å². The summed E-state index contributed by atoms with van der Waals surface area (Å²) >= 11 is 3.30. The summed E-state index contributed by atoms with van der Waals surface area (Å²) in [5.74, 6) is 0. The van der Waals surface area contributed by atoms with Crippen LogP contribution >= 0.6 is 22.7 Å². The second kappa shape index (κ2) is 4.19. The molecule has 16 heavy (non-hydrogen) atoms. The van der Waals surface area contributed by atoms with E-state index in [2.05, 4.69) is 45.2 Å². The summed E-state index contributed by atoms with van der Waals surface area (Å²) in [6, 6.07) is 8.45. The summed E-state index contributed by atoms with van der Waals surface area (Å²) in [5.41, 5.74) is 3.05. The molecule has 0 radical (unpaired) electrons. The average Bonchev–Trinajstić information content (AvgIpc) is 2.96. The first-order chi connectivity index (χ1) is 7.93. The highest BCUT2D eigenvalue weighted by Crippen LogP contribution is 2.26. The van der Waals surface area contributed by atoms with Gasteiger partial charge in [0.25, 0.3) is 0 Å². The number of hydrogen-bond donors (Lipinski definition) is 1. The van der Waals surface area contributed by atoms with E-state index in [-0.39, 0.29) is 0 Å². The quantitative estimate of drug-likeness (QED) is 0.771. The van der Waals surface area contributed by atoms with E-state index in [0.717, 1.165) is 11.7 Å². The maximum absolute atomic E-state index is 3.96. The van der Waals surface area contributed by atoms with Gasteiger partial charge in [0.1, 0.15) is 5.51 Å². The maximum Gasteiger partial charge on any atom is 0.205 e. The molecule has 0 unspecified atom stereocenters. The normalized spacial score (nSPS) is 10.8. The highest BCUT2D eigenvalue weighted by atomic mass is 32.1. The van der Waals surface area contributed by atoms with Crippen LogP contribution < -0.4 is 5.32 Å². The van der Waals surface area contributed by atoms with Gasteiger partial charge in [-0.25, -0.2) is 0 Å². The molecular formula is C11H9N3S2. The minimum Gasteiger partial charge on any atom is -0.356 e. The molecule has 1 aromatic carbocycles. The zero-order valence-corrected chi connectivity index (χ0v) is 10.0. The van der Waals surface area contributed by atoms with Gasteiger partial charge in [0.05, 0.1) is 0 Å². The molecule has 0 saturated heterocycles. The Bertz CT molecular complexity index is 586. The summed E-state index contributed by atoms with van der Waals surface area (Å²) in [6.45, 7) is 0.805. The van der Waals surface area contributed by atoms with E-state index in [9.17, 15) is 0 Å². The minimum absolute atomic E-state index is 0.805. The number of aromatic nitrogens is 2. The van der Waals surface area contributed by atoms with Crippen molar-refractivity contribution in [1.82, 2.24) is 10.2 Å². The SMILES string of the molecule is c1ccc2c(CNc3nncs3)csc2c1. The molecule has 3 rings (SSSR count). The molecule has 0 saturated carbocycles. The highest BCUT2D eigenvalue weighted by Gasteiger charge is 2.03. The first-order valence-electron chi connectivity index (χ1n) is 4.88. The molecule has 80 valence electrons. The number of fused-ring (bicyclic) bond motifs is 1. The Morgan fingerprint density at radius 3 is 3.00 bits per heavy atom. The highest BCUT2D eigenvalue weighted by molar-refractivity contribution is 7.17. The van der Waals surface area contributed by atoms with Crippen LogP contribution in [0, 0.1) is 0 Å². The van der Waals surface area contributed by atoms with E-state index in [0.29, 0.717) is 0 Å². The van der Waals surface area contributed by atoms with Crippen LogP contribution in [0.3, 0.4) is 0 Å². The summed E-state index contributed by atoms with van der Waals surface area (Å²) in [7, 11) is 0. The molecule has 0 atom stereocenters. The Hall–Kier alpha value is -1.46. The van der Waals surface area contributed by atoms with E-state index in [1.807, 2.05) is 0 Å². The van der Waals surface area contributed by atoms with Crippen molar-refractivity contribution in [1.29, 1.82) is 0 Å². The van der Waals surface area contributed by atoms with Crippen molar-refractivity contribution in [2.45, 2.75) is 6.54 Å². The number of rotatable bonds is 3. The van der Waals surface area contributed by atoms with Crippen molar-refractivity contribution < 1.29 is 0 Å². The largest absolute Gasteiger partial charge is 0.356 e. The Labute approximate surface area is 101 Å². The number of anilines is 1. The van der Waals surface area contributed by atoms with Gasteiger partial charge in [0.15, 0.2) is 0 Å². The van der Waals surface area contributed by atoms with Gasteiger partial charge >= 0.3 is 0 Å². The molecule has 0 spiro atoms. The third kappa shape index (κ3) is 1.79. The van der Waals surface area contributed by atoms with Crippen LogP contribution in [0.25, 0.3) is 10.1 Å². The molecule has 2 aromatic heterocycles. The molecule has 0 aliphatic heterocycles. The third-order valence-electron chi connectivity index (χ3n) is 2.35. The lowest BCUT2D eigenvalue weighted by Gasteiger charge is -2.00. The lowest BCUT2D eigenvalue weighted by atomic mass is 10.2. The fourth-order valence-electron chi connectivity index (χ4n) is 1.59. The molecule has 2 heterocycles. The lowest BCUT2D eigenvalue weighted by molar-refractivity contribution is 1.06. The summed E-state index contributed by atoms with van der Waals surface area (Å²) < 4.78 is 1.33. The topological polar surface area (TPSA) is 37.8 Å². The zero-order chi connectivity index (χ0) is 10.8. The van der Waals surface area contributed by atoms with Gasteiger partial charge in [-0.15, -0.1) is 21.5 Å². The summed E-state index contributed by atoms with van der Waals surface area (Å²) in [5, 5.41) is 15.4. The number of nitrogens with one attached hydrogen (secondary N) is 1. The van der Waals surface area contributed by atoms with E-state index in [4.69, 9.17) is 0 Å². The lowest BCUT2D eigenvalue weighted by Crippen LogP contribution is -1.97. The minimum atomic E-state index is 0.805. The number of nitrogens with zero attached hydrogens (tertiary/aromatic N) is 2. The standard InChI is InChI=1S/C11H9N3S2/c1-2-4-10-9(3-1)8(6-15-10)5-12-11-14-13-7-16-11/h1-4,6-7H,5H2,(H,12,14). The van der Waals surface area contributed by atoms with Gasteiger partial charge in [0, 0.05) is 11.2 Å². The van der Waals surface area contributed by atoms with Gasteiger partial charge in [-0.05, 0) is 22.4 Å².